The lowest BCUT2D eigenvalue weighted by Gasteiger charge is -2.16. The fraction of sp³-hybridized carbons (Fsp3) is 0.385. The first kappa shape index (κ1) is 19.4. The zero-order valence-corrected chi connectivity index (χ0v) is 14.6. The van der Waals surface area contributed by atoms with Crippen molar-refractivity contribution in [3.05, 3.63) is 28.6 Å². The Kier molecular flexibility index (Phi) is 4.99. The van der Waals surface area contributed by atoms with E-state index in [1.54, 1.807) is 0 Å². The number of fused-ring (bicyclic) bond motifs is 1. The number of aromatic nitrogens is 4. The van der Waals surface area contributed by atoms with Gasteiger partial charge in [-0.2, -0.15) is 4.98 Å². The van der Waals surface area contributed by atoms with Gasteiger partial charge in [0.15, 0.2) is 17.4 Å². The van der Waals surface area contributed by atoms with E-state index in [9.17, 15) is 24.4 Å². The van der Waals surface area contributed by atoms with E-state index in [0.29, 0.717) is 5.82 Å². The summed E-state index contributed by atoms with van der Waals surface area (Å²) in [5, 5.41) is 22.6. The summed E-state index contributed by atoms with van der Waals surface area (Å²) < 4.78 is 17.6. The van der Waals surface area contributed by atoms with Gasteiger partial charge in [0.05, 0.1) is 6.33 Å². The molecular formula is C13H16N5O8P. The molecule has 13 nitrogen and oxygen atoms in total. The number of carbonyl (C=O) groups excluding carboxylic acids is 1. The van der Waals surface area contributed by atoms with Crippen LogP contribution >= 0.6 is 7.60 Å². The minimum atomic E-state index is -4.48. The number of aliphatic hydroxyl groups is 2. The molecule has 4 atom stereocenters. The Balaban J connectivity index is 1.98. The number of imidazole rings is 1. The van der Waals surface area contributed by atoms with Crippen molar-refractivity contribution in [2.75, 3.05) is 5.32 Å². The molecule has 146 valence electrons. The zero-order chi connectivity index (χ0) is 19.9. The number of aliphatic hydroxyl groups excluding tert-OH is 2. The molecular weight excluding hydrogens is 385 g/mol. The molecule has 1 aliphatic rings. The lowest BCUT2D eigenvalue weighted by Crippen LogP contribution is -2.30. The van der Waals surface area contributed by atoms with Gasteiger partial charge in [0.1, 0.15) is 18.3 Å². The number of hydrogen-bond acceptors (Lipinski definition) is 8. The van der Waals surface area contributed by atoms with Gasteiger partial charge in [-0.05, 0) is 6.08 Å². The van der Waals surface area contributed by atoms with Crippen LogP contribution in [0.3, 0.4) is 0 Å². The van der Waals surface area contributed by atoms with E-state index in [4.69, 9.17) is 14.5 Å². The third kappa shape index (κ3) is 3.98. The number of anilines is 1. The molecule has 1 aliphatic heterocycles. The Morgan fingerprint density at radius 3 is 2.74 bits per heavy atom. The van der Waals surface area contributed by atoms with Crippen molar-refractivity contribution in [1.82, 2.24) is 19.5 Å². The molecule has 14 heteroatoms. The number of amides is 1. The van der Waals surface area contributed by atoms with Gasteiger partial charge in [-0.1, -0.05) is 0 Å². The molecule has 3 heterocycles. The van der Waals surface area contributed by atoms with Crippen molar-refractivity contribution in [2.24, 2.45) is 0 Å². The second-order valence-corrected chi connectivity index (χ2v) is 7.30. The highest BCUT2D eigenvalue weighted by Crippen LogP contribution is 2.38. The third-order valence-corrected chi connectivity index (χ3v) is 4.31. The average Bonchev–Trinajstić information content (AvgIpc) is 3.07. The number of carbonyl (C=O) groups is 1. The van der Waals surface area contributed by atoms with Crippen molar-refractivity contribution in [3.63, 3.8) is 0 Å². The van der Waals surface area contributed by atoms with Crippen LogP contribution in [0.5, 0.6) is 0 Å². The zero-order valence-electron chi connectivity index (χ0n) is 13.8. The summed E-state index contributed by atoms with van der Waals surface area (Å²) >= 11 is 0. The van der Waals surface area contributed by atoms with Gasteiger partial charge in [-0.15, -0.1) is 0 Å². The van der Waals surface area contributed by atoms with E-state index in [2.05, 4.69) is 20.3 Å². The van der Waals surface area contributed by atoms with Crippen LogP contribution < -0.4 is 10.9 Å². The summed E-state index contributed by atoms with van der Waals surface area (Å²) in [7, 11) is -4.48. The monoisotopic (exact) mass is 401 g/mol. The van der Waals surface area contributed by atoms with Crippen molar-refractivity contribution < 1.29 is 34.1 Å². The van der Waals surface area contributed by atoms with Crippen molar-refractivity contribution in [2.45, 2.75) is 31.5 Å². The maximum Gasteiger partial charge on any atom is 0.348 e. The van der Waals surface area contributed by atoms with Crippen LogP contribution in [0.25, 0.3) is 11.2 Å². The van der Waals surface area contributed by atoms with Crippen molar-refractivity contribution in [1.29, 1.82) is 0 Å². The van der Waals surface area contributed by atoms with Gasteiger partial charge in [0.25, 0.3) is 5.56 Å². The quantitative estimate of drug-likeness (QED) is 0.324. The summed E-state index contributed by atoms with van der Waals surface area (Å²) in [5.74, 6) is -0.0636. The molecule has 2 aromatic heterocycles. The van der Waals surface area contributed by atoms with Gasteiger partial charge in [0, 0.05) is 12.7 Å². The molecule has 0 unspecified atom stereocenters. The first-order valence-corrected chi connectivity index (χ1v) is 9.25. The molecule has 0 spiro atoms. The van der Waals surface area contributed by atoms with Gasteiger partial charge in [-0.3, -0.25) is 29.0 Å². The summed E-state index contributed by atoms with van der Waals surface area (Å²) in [5.41, 5.74) is -0.768. The molecule has 3 rings (SSSR count). The molecule has 1 fully saturated rings. The number of hydrogen-bond donors (Lipinski definition) is 6. The van der Waals surface area contributed by atoms with Crippen LogP contribution in [-0.2, 0) is 14.1 Å². The van der Waals surface area contributed by atoms with E-state index >= 15 is 0 Å². The molecule has 6 N–H and O–H groups in total. The van der Waals surface area contributed by atoms with Crippen molar-refractivity contribution >= 4 is 30.6 Å². The van der Waals surface area contributed by atoms with E-state index in [1.807, 2.05) is 0 Å². The largest absolute Gasteiger partial charge is 0.387 e. The van der Waals surface area contributed by atoms with Gasteiger partial charge in [0.2, 0.25) is 11.9 Å². The van der Waals surface area contributed by atoms with Gasteiger partial charge in [-0.25, -0.2) is 4.98 Å². The van der Waals surface area contributed by atoms with E-state index in [-0.39, 0.29) is 17.1 Å². The summed E-state index contributed by atoms with van der Waals surface area (Å²) in [6.07, 6.45) is -3.36. The van der Waals surface area contributed by atoms with Crippen LogP contribution in [0.1, 0.15) is 13.2 Å². The van der Waals surface area contributed by atoms with Crippen LogP contribution in [0.2, 0.25) is 0 Å². The first-order chi connectivity index (χ1) is 12.6. The highest BCUT2D eigenvalue weighted by atomic mass is 31.2. The number of rotatable bonds is 4. The standard InChI is InChI=1S/C13H16N5O8P/c1-5(19)15-13-16-10-7(11(22)17-13)14-4-18(10)12-9(21)8(20)6(26-12)2-3-27(23,24)25/h2-4,6,8-9,12,20-21H,1H3,(H2,23,24,25)(H2,15,16,17,19,22)/b3-2+/t6-,8-,9-,12-/m1/s1. The molecule has 0 aliphatic carbocycles. The Bertz CT molecular complexity index is 1010. The Morgan fingerprint density at radius 2 is 2.11 bits per heavy atom. The van der Waals surface area contributed by atoms with Crippen LogP contribution in [0.15, 0.2) is 23.0 Å². The molecule has 0 bridgehead atoms. The molecule has 1 saturated heterocycles. The minimum Gasteiger partial charge on any atom is -0.387 e. The maximum absolute atomic E-state index is 12.1. The normalized spacial score (nSPS) is 26.1. The summed E-state index contributed by atoms with van der Waals surface area (Å²) in [6, 6.07) is 0. The minimum absolute atomic E-state index is 0.0293. The number of aromatic amines is 1. The fourth-order valence-electron chi connectivity index (χ4n) is 2.61. The van der Waals surface area contributed by atoms with E-state index < -0.39 is 43.6 Å². The van der Waals surface area contributed by atoms with Gasteiger partial charge >= 0.3 is 7.60 Å². The second kappa shape index (κ2) is 6.96. The molecule has 0 saturated carbocycles. The van der Waals surface area contributed by atoms with Crippen molar-refractivity contribution in [3.8, 4) is 0 Å². The molecule has 2 aromatic rings. The third-order valence-electron chi connectivity index (χ3n) is 3.75. The fourth-order valence-corrected chi connectivity index (χ4v) is 3.00. The predicted molar refractivity (Wildman–Crippen MR) is 89.6 cm³/mol. The van der Waals surface area contributed by atoms with E-state index in [1.165, 1.54) is 11.5 Å². The Labute approximate surface area is 150 Å². The predicted octanol–water partition coefficient (Wildman–Crippen LogP) is -1.61. The smallest absolute Gasteiger partial charge is 0.348 e. The van der Waals surface area contributed by atoms with E-state index in [0.717, 1.165) is 12.4 Å². The number of nitrogens with one attached hydrogen (secondary N) is 2. The Morgan fingerprint density at radius 1 is 1.41 bits per heavy atom. The number of ether oxygens (including phenoxy) is 1. The average molecular weight is 401 g/mol. The lowest BCUT2D eigenvalue weighted by molar-refractivity contribution is -0.114. The Hall–Kier alpha value is -2.41. The molecule has 0 radical (unpaired) electrons. The molecule has 0 aromatic carbocycles. The summed E-state index contributed by atoms with van der Waals surface area (Å²) in [6.45, 7) is 1.22. The topological polar surface area (TPSA) is 200 Å². The first-order valence-electron chi connectivity index (χ1n) is 7.57. The number of H-pyrrole nitrogens is 1. The second-order valence-electron chi connectivity index (χ2n) is 5.82. The lowest BCUT2D eigenvalue weighted by atomic mass is 10.1. The highest BCUT2D eigenvalue weighted by Gasteiger charge is 2.43. The van der Waals surface area contributed by atoms with Crippen LogP contribution in [0.4, 0.5) is 5.95 Å². The van der Waals surface area contributed by atoms with Crippen LogP contribution in [-0.4, -0.2) is 63.7 Å². The molecule has 1 amide bonds. The van der Waals surface area contributed by atoms with Gasteiger partial charge < -0.3 is 24.7 Å². The maximum atomic E-state index is 12.1. The highest BCUT2D eigenvalue weighted by molar-refractivity contribution is 7.55. The molecule has 27 heavy (non-hydrogen) atoms. The number of nitrogens with zero attached hydrogens (tertiary/aromatic N) is 3. The van der Waals surface area contributed by atoms with Crippen LogP contribution in [0, 0.1) is 0 Å². The summed E-state index contributed by atoms with van der Waals surface area (Å²) in [4.78, 5) is 51.2. The SMILES string of the molecule is CC(=O)Nc1nc2c(ncn2[C@@H]2O[C@H](/C=C/P(=O)(O)O)[C@@H](O)[C@H]2O)c(=O)[nH]1.